The molecule has 0 saturated carbocycles. The fourth-order valence-corrected chi connectivity index (χ4v) is 1.63. The maximum atomic E-state index is 11.2. The van der Waals surface area contributed by atoms with E-state index in [0.29, 0.717) is 11.6 Å². The van der Waals surface area contributed by atoms with Crippen LogP contribution in [0.2, 0.25) is 0 Å². The van der Waals surface area contributed by atoms with Gasteiger partial charge in [-0.2, -0.15) is 4.98 Å². The number of benzene rings is 1. The number of rotatable bonds is 6. The summed E-state index contributed by atoms with van der Waals surface area (Å²) < 4.78 is 15.6. The summed E-state index contributed by atoms with van der Waals surface area (Å²) in [7, 11) is 1.49. The van der Waals surface area contributed by atoms with Crippen molar-refractivity contribution in [3.63, 3.8) is 0 Å². The molecule has 1 N–H and O–H groups in total. The molecule has 0 aliphatic rings. The number of methoxy groups -OCH3 is 1. The maximum Gasteiger partial charge on any atom is 0.339 e. The highest BCUT2D eigenvalue weighted by Crippen LogP contribution is 2.25. The van der Waals surface area contributed by atoms with Crippen LogP contribution in [0, 0.1) is 0 Å². The van der Waals surface area contributed by atoms with Crippen LogP contribution >= 0.6 is 0 Å². The molecular weight excluding hydrogens is 276 g/mol. The minimum atomic E-state index is -1.08. The minimum absolute atomic E-state index is 0.00678. The fourth-order valence-electron chi connectivity index (χ4n) is 1.63. The van der Waals surface area contributed by atoms with E-state index in [4.69, 9.17) is 19.1 Å². The SMILES string of the molecule is COc1ccc(C(=O)O)c(OCc2nc(C(C)C)no2)c1. The topological polar surface area (TPSA) is 94.7 Å². The Kier molecular flexibility index (Phi) is 4.42. The lowest BCUT2D eigenvalue weighted by Crippen LogP contribution is -2.04. The summed E-state index contributed by atoms with van der Waals surface area (Å²) in [5, 5.41) is 12.9. The Morgan fingerprint density at radius 3 is 2.76 bits per heavy atom. The second kappa shape index (κ2) is 6.25. The van der Waals surface area contributed by atoms with E-state index in [2.05, 4.69) is 10.1 Å². The lowest BCUT2D eigenvalue weighted by Gasteiger charge is -2.09. The van der Waals surface area contributed by atoms with Gasteiger partial charge in [0.15, 0.2) is 12.4 Å². The molecule has 112 valence electrons. The standard InChI is InChI=1S/C14H16N2O5/c1-8(2)13-15-12(21-16-13)7-20-11-6-9(19-3)4-5-10(11)14(17)18/h4-6,8H,7H2,1-3H3,(H,17,18). The summed E-state index contributed by atoms with van der Waals surface area (Å²) in [6.07, 6.45) is 0. The van der Waals surface area contributed by atoms with Crippen molar-refractivity contribution >= 4 is 5.97 Å². The van der Waals surface area contributed by atoms with Gasteiger partial charge in [0.1, 0.15) is 17.1 Å². The predicted octanol–water partition coefficient (Wildman–Crippen LogP) is 2.48. The minimum Gasteiger partial charge on any atom is -0.497 e. The summed E-state index contributed by atoms with van der Waals surface area (Å²) >= 11 is 0. The van der Waals surface area contributed by atoms with Crippen LogP contribution in [-0.2, 0) is 6.61 Å². The number of carboxylic acids is 1. The molecule has 2 aromatic rings. The molecule has 1 aromatic heterocycles. The summed E-state index contributed by atoms with van der Waals surface area (Å²) in [5.74, 6) is 0.625. The Morgan fingerprint density at radius 1 is 1.43 bits per heavy atom. The molecule has 0 saturated heterocycles. The lowest BCUT2D eigenvalue weighted by molar-refractivity contribution is 0.0691. The number of aromatic carboxylic acids is 1. The molecular formula is C14H16N2O5. The van der Waals surface area contributed by atoms with Gasteiger partial charge in [0.25, 0.3) is 5.89 Å². The first-order valence-corrected chi connectivity index (χ1v) is 6.38. The number of hydrogen-bond acceptors (Lipinski definition) is 6. The van der Waals surface area contributed by atoms with Crippen LogP contribution in [0.1, 0.15) is 41.8 Å². The van der Waals surface area contributed by atoms with Crippen molar-refractivity contribution < 1.29 is 23.9 Å². The molecule has 0 bridgehead atoms. The molecule has 0 spiro atoms. The van der Waals surface area contributed by atoms with Gasteiger partial charge in [0.05, 0.1) is 7.11 Å². The Hall–Kier alpha value is -2.57. The molecule has 0 radical (unpaired) electrons. The van der Waals surface area contributed by atoms with E-state index in [1.807, 2.05) is 13.8 Å². The van der Waals surface area contributed by atoms with Gasteiger partial charge in [-0.25, -0.2) is 4.79 Å². The molecule has 0 aliphatic carbocycles. The van der Waals surface area contributed by atoms with Crippen molar-refractivity contribution in [2.24, 2.45) is 0 Å². The number of carbonyl (C=O) groups is 1. The van der Waals surface area contributed by atoms with Crippen LogP contribution < -0.4 is 9.47 Å². The van der Waals surface area contributed by atoms with E-state index in [-0.39, 0.29) is 29.7 Å². The Balaban J connectivity index is 2.15. The van der Waals surface area contributed by atoms with Gasteiger partial charge in [-0.05, 0) is 12.1 Å². The van der Waals surface area contributed by atoms with Crippen molar-refractivity contribution in [2.45, 2.75) is 26.4 Å². The monoisotopic (exact) mass is 292 g/mol. The van der Waals surface area contributed by atoms with Gasteiger partial charge in [-0.3, -0.25) is 0 Å². The largest absolute Gasteiger partial charge is 0.497 e. The highest BCUT2D eigenvalue weighted by molar-refractivity contribution is 5.91. The van der Waals surface area contributed by atoms with Crippen molar-refractivity contribution in [1.82, 2.24) is 10.1 Å². The van der Waals surface area contributed by atoms with Crippen LogP contribution in [0.4, 0.5) is 0 Å². The van der Waals surface area contributed by atoms with E-state index in [1.54, 1.807) is 6.07 Å². The van der Waals surface area contributed by atoms with Gasteiger partial charge in [-0.15, -0.1) is 0 Å². The van der Waals surface area contributed by atoms with Crippen molar-refractivity contribution in [3.05, 3.63) is 35.5 Å². The average molecular weight is 292 g/mol. The molecule has 7 heteroatoms. The molecule has 0 atom stereocenters. The van der Waals surface area contributed by atoms with E-state index in [1.165, 1.54) is 19.2 Å². The third-order valence-electron chi connectivity index (χ3n) is 2.77. The second-order valence-electron chi connectivity index (χ2n) is 4.66. The smallest absolute Gasteiger partial charge is 0.339 e. The quantitative estimate of drug-likeness (QED) is 0.873. The van der Waals surface area contributed by atoms with Crippen LogP contribution in [0.5, 0.6) is 11.5 Å². The lowest BCUT2D eigenvalue weighted by atomic mass is 10.2. The van der Waals surface area contributed by atoms with Crippen LogP contribution in [0.25, 0.3) is 0 Å². The van der Waals surface area contributed by atoms with Gasteiger partial charge < -0.3 is 19.1 Å². The number of ether oxygens (including phenoxy) is 2. The molecule has 1 heterocycles. The van der Waals surface area contributed by atoms with Gasteiger partial charge in [-0.1, -0.05) is 19.0 Å². The third-order valence-corrected chi connectivity index (χ3v) is 2.77. The Morgan fingerprint density at radius 2 is 2.19 bits per heavy atom. The number of hydrogen-bond donors (Lipinski definition) is 1. The van der Waals surface area contributed by atoms with Crippen LogP contribution in [-0.4, -0.2) is 28.3 Å². The summed E-state index contributed by atoms with van der Waals surface area (Å²) in [4.78, 5) is 15.3. The maximum absolute atomic E-state index is 11.2. The number of aromatic nitrogens is 2. The summed E-state index contributed by atoms with van der Waals surface area (Å²) in [6, 6.07) is 4.48. The highest BCUT2D eigenvalue weighted by atomic mass is 16.5. The normalized spacial score (nSPS) is 10.7. The molecule has 7 nitrogen and oxygen atoms in total. The van der Waals surface area contributed by atoms with Crippen molar-refractivity contribution in [2.75, 3.05) is 7.11 Å². The number of carboxylic acid groups (broad SMARTS) is 1. The second-order valence-corrected chi connectivity index (χ2v) is 4.66. The summed E-state index contributed by atoms with van der Waals surface area (Å²) in [6.45, 7) is 3.88. The average Bonchev–Trinajstić information content (AvgIpc) is 2.93. The van der Waals surface area contributed by atoms with Crippen molar-refractivity contribution in [3.8, 4) is 11.5 Å². The van der Waals surface area contributed by atoms with Gasteiger partial charge in [0.2, 0.25) is 0 Å². The first-order chi connectivity index (χ1) is 10.0. The van der Waals surface area contributed by atoms with Crippen LogP contribution in [0.3, 0.4) is 0 Å². The zero-order chi connectivity index (χ0) is 15.4. The fraction of sp³-hybridized carbons (Fsp3) is 0.357. The highest BCUT2D eigenvalue weighted by Gasteiger charge is 2.15. The van der Waals surface area contributed by atoms with E-state index in [9.17, 15) is 4.79 Å². The molecule has 0 amide bonds. The molecule has 0 aliphatic heterocycles. The molecule has 1 aromatic carbocycles. The van der Waals surface area contributed by atoms with Crippen LogP contribution in [0.15, 0.2) is 22.7 Å². The number of nitrogens with zero attached hydrogens (tertiary/aromatic N) is 2. The van der Waals surface area contributed by atoms with E-state index in [0.717, 1.165) is 0 Å². The Labute approximate surface area is 121 Å². The van der Waals surface area contributed by atoms with Gasteiger partial charge >= 0.3 is 5.97 Å². The molecule has 0 fully saturated rings. The first-order valence-electron chi connectivity index (χ1n) is 6.38. The Bertz CT molecular complexity index is 636. The predicted molar refractivity (Wildman–Crippen MR) is 72.7 cm³/mol. The third kappa shape index (κ3) is 3.50. The van der Waals surface area contributed by atoms with E-state index < -0.39 is 5.97 Å². The summed E-state index contributed by atoms with van der Waals surface area (Å²) in [5.41, 5.74) is 0.0411. The zero-order valence-electron chi connectivity index (χ0n) is 12.0. The zero-order valence-corrected chi connectivity index (χ0v) is 12.0. The van der Waals surface area contributed by atoms with Gasteiger partial charge in [0, 0.05) is 12.0 Å². The first kappa shape index (κ1) is 14.8. The molecule has 0 unspecified atom stereocenters. The van der Waals surface area contributed by atoms with E-state index >= 15 is 0 Å². The van der Waals surface area contributed by atoms with Crippen molar-refractivity contribution in [1.29, 1.82) is 0 Å². The molecule has 21 heavy (non-hydrogen) atoms. The molecule has 2 rings (SSSR count).